The van der Waals surface area contributed by atoms with Crippen molar-refractivity contribution in [2.75, 3.05) is 24.3 Å². The Balaban J connectivity index is 1.81. The minimum Gasteiger partial charge on any atom is -0.359 e. The van der Waals surface area contributed by atoms with Crippen LogP contribution in [0.2, 0.25) is 0 Å². The molecule has 2 aliphatic rings. The molecule has 2 rings (SSSR count). The van der Waals surface area contributed by atoms with E-state index in [1.165, 1.54) is 31.9 Å². The lowest BCUT2D eigenvalue weighted by molar-refractivity contribution is 0.242. The number of hydrogen-bond acceptors (Lipinski definition) is 4. The highest BCUT2D eigenvalue weighted by Gasteiger charge is 2.40. The van der Waals surface area contributed by atoms with E-state index in [0.29, 0.717) is 13.0 Å². The van der Waals surface area contributed by atoms with Crippen LogP contribution in [0.25, 0.3) is 0 Å². The first-order chi connectivity index (χ1) is 8.89. The number of thioether (sulfide) groups is 1. The van der Waals surface area contributed by atoms with E-state index in [9.17, 15) is 8.42 Å². The van der Waals surface area contributed by atoms with Crippen LogP contribution in [0, 0.1) is 5.92 Å². The summed E-state index contributed by atoms with van der Waals surface area (Å²) < 4.78 is 22.1. The van der Waals surface area contributed by atoms with Crippen LogP contribution in [-0.2, 0) is 9.84 Å². The number of nitrogens with one attached hydrogen (secondary N) is 1. The maximum atomic E-state index is 11.0. The van der Waals surface area contributed by atoms with Gasteiger partial charge in [0.15, 0.2) is 5.17 Å². The van der Waals surface area contributed by atoms with E-state index >= 15 is 0 Å². The van der Waals surface area contributed by atoms with Crippen LogP contribution in [0.1, 0.15) is 39.0 Å². The van der Waals surface area contributed by atoms with E-state index in [4.69, 9.17) is 0 Å². The first-order valence-corrected chi connectivity index (χ1v) is 10.1. The minimum atomic E-state index is -2.85. The number of aliphatic imine (C=N–C) groups is 1. The molecule has 1 aliphatic heterocycles. The van der Waals surface area contributed by atoms with Gasteiger partial charge in [-0.05, 0) is 25.2 Å². The van der Waals surface area contributed by atoms with E-state index in [0.717, 1.165) is 16.8 Å². The third-order valence-corrected chi connectivity index (χ3v) is 6.11. The third-order valence-electron chi connectivity index (χ3n) is 3.88. The molecule has 1 saturated heterocycles. The Morgan fingerprint density at radius 1 is 1.53 bits per heavy atom. The second-order valence-electron chi connectivity index (χ2n) is 6.07. The average molecular weight is 304 g/mol. The summed E-state index contributed by atoms with van der Waals surface area (Å²) in [5.74, 6) is 2.14. The van der Waals surface area contributed by atoms with Crippen molar-refractivity contribution in [3.8, 4) is 0 Å². The van der Waals surface area contributed by atoms with Crippen molar-refractivity contribution in [2.45, 2.75) is 44.6 Å². The van der Waals surface area contributed by atoms with Crippen LogP contribution >= 0.6 is 11.8 Å². The van der Waals surface area contributed by atoms with Gasteiger partial charge in [0.2, 0.25) is 0 Å². The van der Waals surface area contributed by atoms with Crippen LogP contribution < -0.4 is 5.32 Å². The molecule has 1 heterocycles. The lowest BCUT2D eigenvalue weighted by atomic mass is 9.78. The molecule has 1 spiro atoms. The number of sulfone groups is 1. The molecule has 19 heavy (non-hydrogen) atoms. The smallest absolute Gasteiger partial charge is 0.157 e. The Kier molecular flexibility index (Phi) is 4.82. The summed E-state index contributed by atoms with van der Waals surface area (Å²) >= 11 is 1.80. The zero-order chi connectivity index (χ0) is 13.9. The van der Waals surface area contributed by atoms with Gasteiger partial charge < -0.3 is 5.32 Å². The lowest BCUT2D eigenvalue weighted by Gasteiger charge is -2.36. The van der Waals surface area contributed by atoms with E-state index in [1.54, 1.807) is 11.8 Å². The fraction of sp³-hybridized carbons (Fsp3) is 0.923. The molecule has 1 saturated carbocycles. The Morgan fingerprint density at radius 3 is 3.00 bits per heavy atom. The average Bonchev–Trinajstić information content (AvgIpc) is 2.66. The molecule has 1 N–H and O–H groups in total. The van der Waals surface area contributed by atoms with Gasteiger partial charge >= 0.3 is 0 Å². The maximum absolute atomic E-state index is 11.0. The number of hydrogen-bond donors (Lipinski definition) is 1. The predicted octanol–water partition coefficient (Wildman–Crippen LogP) is 2.06. The summed E-state index contributed by atoms with van der Waals surface area (Å²) in [6.07, 6.45) is 7.02. The molecule has 0 aromatic heterocycles. The summed E-state index contributed by atoms with van der Waals surface area (Å²) in [6.45, 7) is 2.93. The fourth-order valence-electron chi connectivity index (χ4n) is 3.00. The third kappa shape index (κ3) is 4.67. The first-order valence-electron chi connectivity index (χ1n) is 7.02. The van der Waals surface area contributed by atoms with Crippen molar-refractivity contribution in [1.82, 2.24) is 5.32 Å². The zero-order valence-electron chi connectivity index (χ0n) is 11.8. The van der Waals surface area contributed by atoms with Gasteiger partial charge in [0.05, 0.1) is 5.75 Å². The van der Waals surface area contributed by atoms with Crippen molar-refractivity contribution in [1.29, 1.82) is 0 Å². The summed E-state index contributed by atoms with van der Waals surface area (Å²) in [6, 6.07) is 0. The first kappa shape index (κ1) is 15.2. The molecule has 6 heteroatoms. The van der Waals surface area contributed by atoms with Crippen LogP contribution in [0.15, 0.2) is 4.99 Å². The monoisotopic (exact) mass is 304 g/mol. The highest BCUT2D eigenvalue weighted by atomic mass is 32.2. The number of amidine groups is 1. The van der Waals surface area contributed by atoms with E-state index in [1.807, 2.05) is 0 Å². The summed E-state index contributed by atoms with van der Waals surface area (Å²) in [5.41, 5.74) is 0.262. The van der Waals surface area contributed by atoms with Gasteiger partial charge in [0.1, 0.15) is 9.84 Å². The van der Waals surface area contributed by atoms with Crippen molar-refractivity contribution in [3.05, 3.63) is 0 Å². The molecular formula is C13H24N2O2S2. The van der Waals surface area contributed by atoms with Crippen LogP contribution in [0.4, 0.5) is 0 Å². The van der Waals surface area contributed by atoms with Gasteiger partial charge in [0, 0.05) is 24.1 Å². The largest absolute Gasteiger partial charge is 0.359 e. The normalized spacial score (nSPS) is 33.8. The molecule has 0 aromatic rings. The molecule has 4 nitrogen and oxygen atoms in total. The van der Waals surface area contributed by atoms with E-state index in [2.05, 4.69) is 17.2 Å². The van der Waals surface area contributed by atoms with Gasteiger partial charge in [-0.3, -0.25) is 4.99 Å². The number of nitrogens with zero attached hydrogens (tertiary/aromatic N) is 1. The predicted molar refractivity (Wildman–Crippen MR) is 82.6 cm³/mol. The van der Waals surface area contributed by atoms with Crippen molar-refractivity contribution in [2.24, 2.45) is 10.9 Å². The second-order valence-corrected chi connectivity index (χ2v) is 9.29. The molecule has 0 radical (unpaired) electrons. The second kappa shape index (κ2) is 6.04. The number of rotatable bonds is 4. The SMILES string of the molecule is CC1CCCC2(CSC(=NCCCS(C)(=O)=O)N2)C1. The van der Waals surface area contributed by atoms with Gasteiger partial charge in [0.25, 0.3) is 0 Å². The van der Waals surface area contributed by atoms with Gasteiger partial charge in [-0.15, -0.1) is 0 Å². The summed E-state index contributed by atoms with van der Waals surface area (Å²) in [5, 5.41) is 4.61. The minimum absolute atomic E-state index is 0.233. The van der Waals surface area contributed by atoms with Crippen LogP contribution in [-0.4, -0.2) is 43.4 Å². The van der Waals surface area contributed by atoms with Gasteiger partial charge in [-0.2, -0.15) is 0 Å². The van der Waals surface area contributed by atoms with E-state index < -0.39 is 9.84 Å². The molecule has 2 atom stereocenters. The van der Waals surface area contributed by atoms with Crippen LogP contribution in [0.5, 0.6) is 0 Å². The van der Waals surface area contributed by atoms with Crippen LogP contribution in [0.3, 0.4) is 0 Å². The topological polar surface area (TPSA) is 58.5 Å². The molecule has 0 amide bonds. The molecule has 0 bridgehead atoms. The fourth-order valence-corrected chi connectivity index (χ4v) is 4.87. The summed E-state index contributed by atoms with van der Waals surface area (Å²) in [4.78, 5) is 4.50. The lowest BCUT2D eigenvalue weighted by Crippen LogP contribution is -2.47. The van der Waals surface area contributed by atoms with Crippen molar-refractivity contribution < 1.29 is 8.42 Å². The molecule has 1 aliphatic carbocycles. The molecule has 2 fully saturated rings. The highest BCUT2D eigenvalue weighted by Crippen LogP contribution is 2.38. The molecule has 2 unspecified atom stereocenters. The Labute approximate surface area is 120 Å². The highest BCUT2D eigenvalue weighted by molar-refractivity contribution is 8.14. The quantitative estimate of drug-likeness (QED) is 0.808. The maximum Gasteiger partial charge on any atom is 0.157 e. The standard InChI is InChI=1S/C13H24N2O2S2/c1-11-5-3-6-13(9-11)10-18-12(15-13)14-7-4-8-19(2,16)17/h11H,3-10H2,1-2H3,(H,14,15). The Bertz CT molecular complexity index is 448. The van der Waals surface area contributed by atoms with Gasteiger partial charge in [-0.1, -0.05) is 31.5 Å². The Morgan fingerprint density at radius 2 is 2.32 bits per heavy atom. The van der Waals surface area contributed by atoms with Crippen molar-refractivity contribution in [3.63, 3.8) is 0 Å². The molecule has 110 valence electrons. The summed E-state index contributed by atoms with van der Waals surface area (Å²) in [7, 11) is -2.85. The molecular weight excluding hydrogens is 280 g/mol. The van der Waals surface area contributed by atoms with E-state index in [-0.39, 0.29) is 11.3 Å². The van der Waals surface area contributed by atoms with Crippen molar-refractivity contribution >= 4 is 26.8 Å². The van der Waals surface area contributed by atoms with Gasteiger partial charge in [-0.25, -0.2) is 8.42 Å². The Hall–Kier alpha value is -0.230. The zero-order valence-corrected chi connectivity index (χ0v) is 13.4. The molecule has 0 aromatic carbocycles.